The minimum Gasteiger partial charge on any atom is -0.478 e. The van der Waals surface area contributed by atoms with E-state index in [-0.39, 0.29) is 6.07 Å². The van der Waals surface area contributed by atoms with E-state index in [4.69, 9.17) is 5.11 Å². The van der Waals surface area contributed by atoms with Gasteiger partial charge in [-0.15, -0.1) is 0 Å². The maximum atomic E-state index is 13.5. The highest BCUT2D eigenvalue weighted by Gasteiger charge is 2.35. The van der Waals surface area contributed by atoms with E-state index < -0.39 is 55.5 Å². The number of sulfonamides is 1. The number of carbonyl (C=O) groups is 1. The summed E-state index contributed by atoms with van der Waals surface area (Å²) in [6.07, 6.45) is -5.14. The highest BCUT2D eigenvalue weighted by molar-refractivity contribution is 7.92. The van der Waals surface area contributed by atoms with E-state index in [1.165, 1.54) is 0 Å². The molecule has 134 valence electrons. The molecular formula is C14H8F5NO4S. The second-order valence-corrected chi connectivity index (χ2v) is 6.39. The molecule has 0 fully saturated rings. The van der Waals surface area contributed by atoms with Crippen LogP contribution < -0.4 is 4.72 Å². The molecule has 2 rings (SSSR count). The van der Waals surface area contributed by atoms with Gasteiger partial charge < -0.3 is 5.11 Å². The Kier molecular flexibility index (Phi) is 4.71. The quantitative estimate of drug-likeness (QED) is 0.795. The highest BCUT2D eigenvalue weighted by Crippen LogP contribution is 2.33. The summed E-state index contributed by atoms with van der Waals surface area (Å²) in [5.74, 6) is -4.71. The van der Waals surface area contributed by atoms with Crippen LogP contribution in [-0.4, -0.2) is 19.5 Å². The van der Waals surface area contributed by atoms with Crippen molar-refractivity contribution in [3.8, 4) is 0 Å². The lowest BCUT2D eigenvalue weighted by Gasteiger charge is -2.13. The van der Waals surface area contributed by atoms with E-state index in [1.54, 1.807) is 4.72 Å². The molecule has 2 aromatic carbocycles. The standard InChI is InChI=1S/C14H8F5NO4S/c15-9-5-4-7(6-8(9)14(17,18)19)25(23,24)20-11-3-1-2-10(16)12(11)13(21)22/h1-6,20H,(H,21,22). The molecule has 0 saturated heterocycles. The smallest absolute Gasteiger partial charge is 0.419 e. The van der Waals surface area contributed by atoms with Crippen molar-refractivity contribution in [1.82, 2.24) is 0 Å². The summed E-state index contributed by atoms with van der Waals surface area (Å²) in [6.45, 7) is 0. The predicted octanol–water partition coefficient (Wildman–Crippen LogP) is 3.48. The van der Waals surface area contributed by atoms with Crippen LogP contribution in [0.15, 0.2) is 41.3 Å². The molecule has 0 bridgehead atoms. The van der Waals surface area contributed by atoms with Gasteiger partial charge in [-0.3, -0.25) is 4.72 Å². The van der Waals surface area contributed by atoms with Crippen molar-refractivity contribution < 1.29 is 40.3 Å². The number of rotatable bonds is 4. The Morgan fingerprint density at radius 2 is 1.68 bits per heavy atom. The first-order valence-corrected chi connectivity index (χ1v) is 7.83. The number of carboxylic acid groups (broad SMARTS) is 1. The van der Waals surface area contributed by atoms with Gasteiger partial charge >= 0.3 is 12.1 Å². The van der Waals surface area contributed by atoms with E-state index in [0.29, 0.717) is 12.1 Å². The van der Waals surface area contributed by atoms with Gasteiger partial charge in [0.2, 0.25) is 0 Å². The molecule has 0 radical (unpaired) electrons. The van der Waals surface area contributed by atoms with Gasteiger partial charge in [-0.2, -0.15) is 13.2 Å². The summed E-state index contributed by atoms with van der Waals surface area (Å²) in [6, 6.07) is 3.61. The van der Waals surface area contributed by atoms with Gasteiger partial charge in [0.25, 0.3) is 10.0 Å². The summed E-state index contributed by atoms with van der Waals surface area (Å²) in [4.78, 5) is 10.1. The Bertz CT molecular complexity index is 941. The van der Waals surface area contributed by atoms with E-state index in [9.17, 15) is 35.2 Å². The monoisotopic (exact) mass is 381 g/mol. The van der Waals surface area contributed by atoms with Crippen molar-refractivity contribution >= 4 is 21.7 Å². The van der Waals surface area contributed by atoms with Crippen LogP contribution in [0.3, 0.4) is 0 Å². The minimum atomic E-state index is -5.14. The first kappa shape index (κ1) is 18.6. The van der Waals surface area contributed by atoms with Crippen LogP contribution >= 0.6 is 0 Å². The number of halogens is 5. The predicted molar refractivity (Wildman–Crippen MR) is 75.6 cm³/mol. The van der Waals surface area contributed by atoms with Crippen molar-refractivity contribution in [1.29, 1.82) is 0 Å². The van der Waals surface area contributed by atoms with E-state index in [2.05, 4.69) is 0 Å². The largest absolute Gasteiger partial charge is 0.478 e. The molecule has 11 heteroatoms. The number of benzene rings is 2. The van der Waals surface area contributed by atoms with Crippen LogP contribution in [0.4, 0.5) is 27.6 Å². The molecule has 0 aliphatic heterocycles. The molecule has 0 aromatic heterocycles. The number of hydrogen-bond donors (Lipinski definition) is 2. The maximum absolute atomic E-state index is 13.5. The van der Waals surface area contributed by atoms with Crippen molar-refractivity contribution in [3.05, 3.63) is 59.2 Å². The number of aromatic carboxylic acids is 1. The third-order valence-corrected chi connectivity index (χ3v) is 4.39. The Balaban J connectivity index is 2.52. The Hall–Kier alpha value is -2.69. The maximum Gasteiger partial charge on any atom is 0.419 e. The van der Waals surface area contributed by atoms with Crippen LogP contribution in [0.1, 0.15) is 15.9 Å². The molecule has 2 N–H and O–H groups in total. The number of carboxylic acids is 1. The third-order valence-electron chi connectivity index (χ3n) is 3.03. The molecule has 0 unspecified atom stereocenters. The second-order valence-electron chi connectivity index (χ2n) is 4.71. The summed E-state index contributed by atoms with van der Waals surface area (Å²) in [5, 5.41) is 8.93. The van der Waals surface area contributed by atoms with Crippen molar-refractivity contribution in [2.24, 2.45) is 0 Å². The molecule has 25 heavy (non-hydrogen) atoms. The molecule has 5 nitrogen and oxygen atoms in total. The molecule has 0 saturated carbocycles. The van der Waals surface area contributed by atoms with Gasteiger partial charge in [0.1, 0.15) is 17.2 Å². The van der Waals surface area contributed by atoms with Gasteiger partial charge in [-0.25, -0.2) is 22.0 Å². The fourth-order valence-corrected chi connectivity index (χ4v) is 3.02. The van der Waals surface area contributed by atoms with Gasteiger partial charge in [-0.05, 0) is 30.3 Å². The topological polar surface area (TPSA) is 83.5 Å². The Morgan fingerprint density at radius 1 is 1.04 bits per heavy atom. The van der Waals surface area contributed by atoms with Gasteiger partial charge in [0.15, 0.2) is 0 Å². The van der Waals surface area contributed by atoms with E-state index in [1.807, 2.05) is 0 Å². The van der Waals surface area contributed by atoms with E-state index >= 15 is 0 Å². The zero-order chi connectivity index (χ0) is 19.0. The summed E-state index contributed by atoms with van der Waals surface area (Å²) >= 11 is 0. The molecule has 0 spiro atoms. The molecule has 0 aliphatic rings. The van der Waals surface area contributed by atoms with Crippen LogP contribution in [0.2, 0.25) is 0 Å². The van der Waals surface area contributed by atoms with Crippen LogP contribution in [0.5, 0.6) is 0 Å². The second kappa shape index (κ2) is 6.31. The molecular weight excluding hydrogens is 373 g/mol. The fraction of sp³-hybridized carbons (Fsp3) is 0.0714. The average Bonchev–Trinajstić information content (AvgIpc) is 2.45. The van der Waals surface area contributed by atoms with Crippen LogP contribution in [0.25, 0.3) is 0 Å². The fourth-order valence-electron chi connectivity index (χ4n) is 1.92. The van der Waals surface area contributed by atoms with Crippen molar-refractivity contribution in [2.75, 3.05) is 4.72 Å². The number of hydrogen-bond acceptors (Lipinski definition) is 3. The summed E-state index contributed by atoms with van der Waals surface area (Å²) in [7, 11) is -4.73. The Labute approximate surface area is 137 Å². The lowest BCUT2D eigenvalue weighted by atomic mass is 10.2. The highest BCUT2D eigenvalue weighted by atomic mass is 32.2. The normalized spacial score (nSPS) is 12.0. The number of anilines is 1. The lowest BCUT2D eigenvalue weighted by molar-refractivity contribution is -0.140. The number of alkyl halides is 3. The van der Waals surface area contributed by atoms with Gasteiger partial charge in [0, 0.05) is 0 Å². The lowest BCUT2D eigenvalue weighted by Crippen LogP contribution is -2.18. The molecule has 2 aromatic rings. The minimum absolute atomic E-state index is 0.0530. The molecule has 0 aliphatic carbocycles. The van der Waals surface area contributed by atoms with Crippen LogP contribution in [0, 0.1) is 11.6 Å². The SMILES string of the molecule is O=C(O)c1c(F)cccc1NS(=O)(=O)c1ccc(F)c(C(F)(F)F)c1. The van der Waals surface area contributed by atoms with Gasteiger partial charge in [0.05, 0.1) is 16.1 Å². The van der Waals surface area contributed by atoms with Crippen molar-refractivity contribution in [3.63, 3.8) is 0 Å². The van der Waals surface area contributed by atoms with Crippen molar-refractivity contribution in [2.45, 2.75) is 11.1 Å². The Morgan fingerprint density at radius 3 is 2.24 bits per heavy atom. The molecule has 0 atom stereocenters. The third kappa shape index (κ3) is 3.87. The molecule has 0 heterocycles. The summed E-state index contributed by atoms with van der Waals surface area (Å²) in [5.41, 5.74) is -3.51. The first-order chi connectivity index (χ1) is 11.4. The van der Waals surface area contributed by atoms with E-state index in [0.717, 1.165) is 18.2 Å². The zero-order valence-corrected chi connectivity index (χ0v) is 12.8. The number of nitrogens with one attached hydrogen (secondary N) is 1. The first-order valence-electron chi connectivity index (χ1n) is 6.35. The summed E-state index contributed by atoms with van der Waals surface area (Å²) < 4.78 is 90.8. The molecule has 0 amide bonds. The zero-order valence-electron chi connectivity index (χ0n) is 11.9. The van der Waals surface area contributed by atoms with Gasteiger partial charge in [-0.1, -0.05) is 6.07 Å². The van der Waals surface area contributed by atoms with Crippen LogP contribution in [-0.2, 0) is 16.2 Å². The average molecular weight is 381 g/mol.